The number of benzene rings is 1. The second-order valence-electron chi connectivity index (χ2n) is 6.38. The Balaban J connectivity index is 1.76. The molecule has 0 aromatic heterocycles. The Kier molecular flexibility index (Phi) is 7.15. The molecule has 23 heavy (non-hydrogen) atoms. The van der Waals surface area contributed by atoms with E-state index in [0.717, 1.165) is 49.8 Å². The van der Waals surface area contributed by atoms with E-state index in [-0.39, 0.29) is 6.10 Å². The maximum atomic E-state index is 9.45. The molecule has 0 aliphatic carbocycles. The molecule has 1 aliphatic rings. The average molecular weight is 322 g/mol. The summed E-state index contributed by atoms with van der Waals surface area (Å²) in [6.07, 6.45) is 2.15. The fourth-order valence-corrected chi connectivity index (χ4v) is 3.25. The van der Waals surface area contributed by atoms with E-state index < -0.39 is 0 Å². The molecule has 1 unspecified atom stereocenters. The maximum absolute atomic E-state index is 9.45. The van der Waals surface area contributed by atoms with E-state index >= 15 is 0 Å². The van der Waals surface area contributed by atoms with Gasteiger partial charge in [-0.1, -0.05) is 12.1 Å². The monoisotopic (exact) mass is 322 g/mol. The molecule has 0 amide bonds. The number of ether oxygens (including phenoxy) is 2. The van der Waals surface area contributed by atoms with Crippen LogP contribution in [-0.2, 0) is 6.54 Å². The molecule has 1 aliphatic heterocycles. The fraction of sp³-hybridized carbons (Fsp3) is 0.667. The molecular formula is C18H30N2O3. The minimum absolute atomic E-state index is 0.231. The van der Waals surface area contributed by atoms with Crippen LogP contribution in [-0.4, -0.2) is 56.5 Å². The molecule has 2 rings (SSSR count). The van der Waals surface area contributed by atoms with Crippen molar-refractivity contribution in [1.82, 2.24) is 10.2 Å². The highest BCUT2D eigenvalue weighted by atomic mass is 16.5. The van der Waals surface area contributed by atoms with E-state index in [4.69, 9.17) is 9.47 Å². The highest BCUT2D eigenvalue weighted by Gasteiger charge is 2.19. The van der Waals surface area contributed by atoms with Crippen LogP contribution < -0.4 is 14.8 Å². The number of likely N-dealkylation sites (tertiary alicyclic amines) is 1. The quantitative estimate of drug-likeness (QED) is 0.765. The van der Waals surface area contributed by atoms with E-state index in [1.165, 1.54) is 12.8 Å². The molecule has 1 saturated heterocycles. The van der Waals surface area contributed by atoms with Crippen LogP contribution in [0, 0.1) is 5.92 Å². The van der Waals surface area contributed by atoms with Crippen molar-refractivity contribution in [3.63, 3.8) is 0 Å². The summed E-state index contributed by atoms with van der Waals surface area (Å²) in [6.45, 7) is 6.62. The molecule has 1 aromatic rings. The standard InChI is InChI=1S/C18H30N2O3/c1-14(21)13-20-9-7-15(8-10-20)11-19-12-16-5-4-6-17(22-2)18(16)23-3/h4-6,14-15,19,21H,7-13H2,1-3H3. The summed E-state index contributed by atoms with van der Waals surface area (Å²) >= 11 is 0. The summed E-state index contributed by atoms with van der Waals surface area (Å²) < 4.78 is 10.8. The van der Waals surface area contributed by atoms with Gasteiger partial charge in [-0.05, 0) is 51.4 Å². The Hall–Kier alpha value is -1.30. The molecule has 0 saturated carbocycles. The van der Waals surface area contributed by atoms with Crippen molar-refractivity contribution in [2.24, 2.45) is 5.92 Å². The Morgan fingerprint density at radius 1 is 1.26 bits per heavy atom. The van der Waals surface area contributed by atoms with Crippen molar-refractivity contribution in [2.45, 2.75) is 32.4 Å². The summed E-state index contributed by atoms with van der Waals surface area (Å²) in [7, 11) is 3.34. The molecule has 2 N–H and O–H groups in total. The van der Waals surface area contributed by atoms with Gasteiger partial charge in [-0.25, -0.2) is 0 Å². The van der Waals surface area contributed by atoms with Gasteiger partial charge >= 0.3 is 0 Å². The van der Waals surface area contributed by atoms with Crippen molar-refractivity contribution >= 4 is 0 Å². The number of methoxy groups -OCH3 is 2. The van der Waals surface area contributed by atoms with Crippen molar-refractivity contribution in [1.29, 1.82) is 0 Å². The van der Waals surface area contributed by atoms with Gasteiger partial charge in [-0.3, -0.25) is 0 Å². The van der Waals surface area contributed by atoms with Crippen LogP contribution in [0.3, 0.4) is 0 Å². The van der Waals surface area contributed by atoms with Gasteiger partial charge in [0.2, 0.25) is 0 Å². The van der Waals surface area contributed by atoms with Crippen LogP contribution >= 0.6 is 0 Å². The lowest BCUT2D eigenvalue weighted by Gasteiger charge is -2.32. The molecule has 5 nitrogen and oxygen atoms in total. The lowest BCUT2D eigenvalue weighted by atomic mass is 9.96. The lowest BCUT2D eigenvalue weighted by Crippen LogP contribution is -2.40. The minimum atomic E-state index is -0.231. The zero-order valence-corrected chi connectivity index (χ0v) is 14.5. The smallest absolute Gasteiger partial charge is 0.165 e. The molecule has 5 heteroatoms. The zero-order valence-electron chi connectivity index (χ0n) is 14.5. The van der Waals surface area contributed by atoms with E-state index in [1.807, 2.05) is 19.1 Å². The number of nitrogens with one attached hydrogen (secondary N) is 1. The number of piperidine rings is 1. The topological polar surface area (TPSA) is 54.0 Å². The number of hydrogen-bond donors (Lipinski definition) is 2. The van der Waals surface area contributed by atoms with Gasteiger partial charge in [-0.2, -0.15) is 0 Å². The first-order chi connectivity index (χ1) is 11.1. The lowest BCUT2D eigenvalue weighted by molar-refractivity contribution is 0.0998. The molecule has 130 valence electrons. The SMILES string of the molecule is COc1cccc(CNCC2CCN(CC(C)O)CC2)c1OC. The number of hydrogen-bond acceptors (Lipinski definition) is 5. The third kappa shape index (κ3) is 5.37. The summed E-state index contributed by atoms with van der Waals surface area (Å²) in [4.78, 5) is 2.35. The van der Waals surface area contributed by atoms with Gasteiger partial charge in [0.1, 0.15) is 0 Å². The number of rotatable bonds is 8. The number of aliphatic hydroxyl groups is 1. The van der Waals surface area contributed by atoms with Gasteiger partial charge in [0.25, 0.3) is 0 Å². The summed E-state index contributed by atoms with van der Waals surface area (Å²) in [6, 6.07) is 5.98. The van der Waals surface area contributed by atoms with Crippen LogP contribution in [0.2, 0.25) is 0 Å². The number of nitrogens with zero attached hydrogens (tertiary/aromatic N) is 1. The van der Waals surface area contributed by atoms with Gasteiger partial charge in [0.05, 0.1) is 20.3 Å². The van der Waals surface area contributed by atoms with Crippen molar-refractivity contribution in [2.75, 3.05) is 40.4 Å². The molecule has 0 spiro atoms. The van der Waals surface area contributed by atoms with Crippen LogP contribution in [0.4, 0.5) is 0 Å². The van der Waals surface area contributed by atoms with Gasteiger partial charge < -0.3 is 24.8 Å². The third-order valence-electron chi connectivity index (χ3n) is 4.46. The van der Waals surface area contributed by atoms with E-state index in [9.17, 15) is 5.11 Å². The van der Waals surface area contributed by atoms with E-state index in [2.05, 4.69) is 16.3 Å². The maximum Gasteiger partial charge on any atom is 0.165 e. The Bertz CT molecular complexity index is 471. The van der Waals surface area contributed by atoms with Crippen LogP contribution in [0.5, 0.6) is 11.5 Å². The second kappa shape index (κ2) is 9.11. The normalized spacial score (nSPS) is 17.9. The number of β-amino-alcohol motifs (C(OH)–C–C–N with tert-alkyl or cyclic N) is 1. The largest absolute Gasteiger partial charge is 0.493 e. The van der Waals surface area contributed by atoms with Gasteiger partial charge in [-0.15, -0.1) is 0 Å². The second-order valence-corrected chi connectivity index (χ2v) is 6.38. The average Bonchev–Trinajstić information content (AvgIpc) is 2.55. The molecule has 1 aromatic carbocycles. The Labute approximate surface area is 139 Å². The van der Waals surface area contributed by atoms with Crippen molar-refractivity contribution in [3.05, 3.63) is 23.8 Å². The van der Waals surface area contributed by atoms with Crippen molar-refractivity contribution < 1.29 is 14.6 Å². The summed E-state index contributed by atoms with van der Waals surface area (Å²) in [5, 5.41) is 13.0. The Morgan fingerprint density at radius 3 is 2.61 bits per heavy atom. The van der Waals surface area contributed by atoms with Crippen LogP contribution in [0.25, 0.3) is 0 Å². The molecule has 0 radical (unpaired) electrons. The first-order valence-corrected chi connectivity index (χ1v) is 8.45. The first kappa shape index (κ1) is 18.0. The molecule has 1 fully saturated rings. The highest BCUT2D eigenvalue weighted by molar-refractivity contribution is 5.46. The predicted molar refractivity (Wildman–Crippen MR) is 92.1 cm³/mol. The fourth-order valence-electron chi connectivity index (χ4n) is 3.25. The van der Waals surface area contributed by atoms with Crippen LogP contribution in [0.15, 0.2) is 18.2 Å². The predicted octanol–water partition coefficient (Wildman–Crippen LogP) is 1.89. The molecule has 1 atom stereocenters. The minimum Gasteiger partial charge on any atom is -0.493 e. The molecule has 0 bridgehead atoms. The van der Waals surface area contributed by atoms with E-state index in [0.29, 0.717) is 5.92 Å². The van der Waals surface area contributed by atoms with Crippen LogP contribution in [0.1, 0.15) is 25.3 Å². The number of para-hydroxylation sites is 1. The Morgan fingerprint density at radius 2 is 2.00 bits per heavy atom. The third-order valence-corrected chi connectivity index (χ3v) is 4.46. The van der Waals surface area contributed by atoms with Crippen molar-refractivity contribution in [3.8, 4) is 11.5 Å². The summed E-state index contributed by atoms with van der Waals surface area (Å²) in [5.74, 6) is 2.30. The number of aliphatic hydroxyl groups excluding tert-OH is 1. The highest BCUT2D eigenvalue weighted by Crippen LogP contribution is 2.30. The molecule has 1 heterocycles. The zero-order chi connectivity index (χ0) is 16.7. The van der Waals surface area contributed by atoms with Gasteiger partial charge in [0.15, 0.2) is 11.5 Å². The van der Waals surface area contributed by atoms with E-state index in [1.54, 1.807) is 14.2 Å². The summed E-state index contributed by atoms with van der Waals surface area (Å²) in [5.41, 5.74) is 1.12. The van der Waals surface area contributed by atoms with Gasteiger partial charge in [0, 0.05) is 18.7 Å². The molecular weight excluding hydrogens is 292 g/mol. The first-order valence-electron chi connectivity index (χ1n) is 8.45.